The van der Waals surface area contributed by atoms with Gasteiger partial charge < -0.3 is 14.2 Å². The van der Waals surface area contributed by atoms with Crippen molar-refractivity contribution < 1.29 is 8.85 Å². The summed E-state index contributed by atoms with van der Waals surface area (Å²) in [6, 6.07) is 22.1. The number of nitrogens with one attached hydrogen (secondary N) is 1. The minimum absolute atomic E-state index is 0.0108. The second-order valence-corrected chi connectivity index (χ2v) is 20.8. The molecule has 2 atom stereocenters. The first-order valence-electron chi connectivity index (χ1n) is 12.0. The van der Waals surface area contributed by atoms with Gasteiger partial charge in [-0.1, -0.05) is 102 Å². The molecule has 1 aliphatic heterocycles. The molecule has 0 aromatic heterocycles. The van der Waals surface area contributed by atoms with Crippen LogP contribution in [-0.4, -0.2) is 41.9 Å². The van der Waals surface area contributed by atoms with Crippen molar-refractivity contribution in [2.24, 2.45) is 0 Å². The van der Waals surface area contributed by atoms with Crippen LogP contribution in [0.1, 0.15) is 48.0 Å². The molecular formula is C27H43NO2Si2. The van der Waals surface area contributed by atoms with Crippen LogP contribution < -0.4 is 15.7 Å². The van der Waals surface area contributed by atoms with E-state index in [4.69, 9.17) is 8.85 Å². The Morgan fingerprint density at radius 3 is 1.75 bits per heavy atom. The highest BCUT2D eigenvalue weighted by Gasteiger charge is 2.52. The molecule has 1 N–H and O–H groups in total. The van der Waals surface area contributed by atoms with Crippen LogP contribution in [0, 0.1) is 0 Å². The van der Waals surface area contributed by atoms with Crippen LogP contribution in [0.25, 0.3) is 0 Å². The average molecular weight is 470 g/mol. The van der Waals surface area contributed by atoms with E-state index in [1.54, 1.807) is 0 Å². The van der Waals surface area contributed by atoms with E-state index in [9.17, 15) is 0 Å². The molecule has 5 heteroatoms. The van der Waals surface area contributed by atoms with E-state index in [-0.39, 0.29) is 22.2 Å². The van der Waals surface area contributed by atoms with Gasteiger partial charge in [0.05, 0.1) is 18.8 Å². The van der Waals surface area contributed by atoms with Crippen molar-refractivity contribution >= 4 is 27.0 Å². The topological polar surface area (TPSA) is 30.5 Å². The second-order valence-electron chi connectivity index (χ2n) is 11.7. The standard InChI is InChI=1S/C27H43NO2Si2/c1-26(2,3)31(7,8)29-21-24-25(19-20-28-24)30-32(27(4,5)6,22-15-11-9-12-16-22)23-17-13-10-14-18-23/h9-18,24-25,28H,19-21H2,1-8H3/t24-,25+/m0/s1. The van der Waals surface area contributed by atoms with Crippen LogP contribution in [0.2, 0.25) is 23.2 Å². The molecule has 0 aliphatic carbocycles. The molecule has 1 fully saturated rings. The monoisotopic (exact) mass is 469 g/mol. The van der Waals surface area contributed by atoms with Gasteiger partial charge in [-0.15, -0.1) is 0 Å². The fraction of sp³-hybridized carbons (Fsp3) is 0.556. The van der Waals surface area contributed by atoms with Crippen LogP contribution in [0.3, 0.4) is 0 Å². The first-order valence-corrected chi connectivity index (χ1v) is 16.9. The Labute approximate surface area is 198 Å². The molecule has 0 saturated carbocycles. The molecule has 2 aromatic carbocycles. The molecule has 1 aliphatic rings. The van der Waals surface area contributed by atoms with Crippen molar-refractivity contribution in [1.82, 2.24) is 5.32 Å². The van der Waals surface area contributed by atoms with E-state index in [0.717, 1.165) is 19.6 Å². The van der Waals surface area contributed by atoms with Crippen LogP contribution in [-0.2, 0) is 8.85 Å². The Bertz CT molecular complexity index is 817. The van der Waals surface area contributed by atoms with Crippen LogP contribution in [0.4, 0.5) is 0 Å². The first kappa shape index (κ1) is 25.4. The van der Waals surface area contributed by atoms with Crippen molar-refractivity contribution in [2.75, 3.05) is 13.2 Å². The van der Waals surface area contributed by atoms with Gasteiger partial charge in [0.2, 0.25) is 0 Å². The molecule has 0 bridgehead atoms. The number of rotatable bonds is 7. The van der Waals surface area contributed by atoms with Gasteiger partial charge in [-0.25, -0.2) is 0 Å². The van der Waals surface area contributed by atoms with Crippen molar-refractivity contribution in [3.63, 3.8) is 0 Å². The molecule has 0 unspecified atom stereocenters. The lowest BCUT2D eigenvalue weighted by Gasteiger charge is -2.45. The predicted octanol–water partition coefficient (Wildman–Crippen LogP) is 5.32. The van der Waals surface area contributed by atoms with E-state index < -0.39 is 16.6 Å². The lowest BCUT2D eigenvalue weighted by Crippen LogP contribution is -2.68. The predicted molar refractivity (Wildman–Crippen MR) is 142 cm³/mol. The number of hydrogen-bond donors (Lipinski definition) is 1. The molecule has 1 saturated heterocycles. The highest BCUT2D eigenvalue weighted by Crippen LogP contribution is 2.39. The van der Waals surface area contributed by atoms with Crippen molar-refractivity contribution in [3.05, 3.63) is 60.7 Å². The zero-order valence-corrected chi connectivity index (χ0v) is 23.4. The van der Waals surface area contributed by atoms with E-state index in [1.807, 2.05) is 0 Å². The Balaban J connectivity index is 1.96. The molecule has 0 spiro atoms. The minimum Gasteiger partial charge on any atom is -0.415 e. The summed E-state index contributed by atoms with van der Waals surface area (Å²) in [6.07, 6.45) is 1.17. The van der Waals surface area contributed by atoms with Gasteiger partial charge in [-0.05, 0) is 46.5 Å². The Morgan fingerprint density at radius 2 is 1.31 bits per heavy atom. The van der Waals surface area contributed by atoms with Crippen molar-refractivity contribution in [3.8, 4) is 0 Å². The Hall–Kier alpha value is -1.25. The van der Waals surface area contributed by atoms with Crippen molar-refractivity contribution in [1.29, 1.82) is 0 Å². The fourth-order valence-corrected chi connectivity index (χ4v) is 10.3. The third-order valence-electron chi connectivity index (χ3n) is 7.46. The number of benzene rings is 2. The van der Waals surface area contributed by atoms with Gasteiger partial charge in [-0.2, -0.15) is 0 Å². The Morgan fingerprint density at radius 1 is 0.812 bits per heavy atom. The third-order valence-corrected chi connectivity index (χ3v) is 17.0. The summed E-state index contributed by atoms with van der Waals surface area (Å²) in [5.41, 5.74) is 0. The molecule has 32 heavy (non-hydrogen) atoms. The maximum absolute atomic E-state index is 7.41. The van der Waals surface area contributed by atoms with Gasteiger partial charge in [0.1, 0.15) is 0 Å². The largest absolute Gasteiger partial charge is 0.415 e. The summed E-state index contributed by atoms with van der Waals surface area (Å²) in [7, 11) is -4.36. The molecule has 3 nitrogen and oxygen atoms in total. The first-order chi connectivity index (χ1) is 14.9. The summed E-state index contributed by atoms with van der Waals surface area (Å²) in [4.78, 5) is 0. The fourth-order valence-electron chi connectivity index (χ4n) is 4.48. The van der Waals surface area contributed by atoms with Crippen LogP contribution >= 0.6 is 0 Å². The molecule has 0 amide bonds. The van der Waals surface area contributed by atoms with Crippen molar-refractivity contribution in [2.45, 2.75) is 83.3 Å². The van der Waals surface area contributed by atoms with E-state index in [0.29, 0.717) is 0 Å². The smallest absolute Gasteiger partial charge is 0.261 e. The normalized spacial score (nSPS) is 20.5. The van der Waals surface area contributed by atoms with Gasteiger partial charge in [0.25, 0.3) is 8.32 Å². The zero-order chi connectivity index (χ0) is 23.6. The lowest BCUT2D eigenvalue weighted by molar-refractivity contribution is 0.134. The highest BCUT2D eigenvalue weighted by atomic mass is 28.4. The maximum atomic E-state index is 7.41. The summed E-state index contributed by atoms with van der Waals surface area (Å²) < 4.78 is 14.0. The van der Waals surface area contributed by atoms with Gasteiger partial charge in [0, 0.05) is 0 Å². The molecule has 1 heterocycles. The van der Waals surface area contributed by atoms with Crippen LogP contribution in [0.5, 0.6) is 0 Å². The SMILES string of the molecule is CC(C)(C)[Si](C)(C)OC[C@@H]1NCC[C@H]1O[Si](c1ccccc1)(c1ccccc1)C(C)(C)C. The lowest BCUT2D eigenvalue weighted by atomic mass is 10.2. The number of hydrogen-bond acceptors (Lipinski definition) is 3. The molecule has 2 aromatic rings. The summed E-state index contributed by atoms with van der Waals surface area (Å²) >= 11 is 0. The zero-order valence-electron chi connectivity index (χ0n) is 21.4. The maximum Gasteiger partial charge on any atom is 0.261 e. The summed E-state index contributed by atoms with van der Waals surface area (Å²) in [5.74, 6) is 0. The Kier molecular flexibility index (Phi) is 7.57. The van der Waals surface area contributed by atoms with Gasteiger partial charge in [-0.3, -0.25) is 0 Å². The second kappa shape index (κ2) is 9.55. The summed E-state index contributed by atoms with van der Waals surface area (Å²) in [6.45, 7) is 20.3. The quantitative estimate of drug-likeness (QED) is 0.557. The van der Waals surface area contributed by atoms with Gasteiger partial charge >= 0.3 is 0 Å². The van der Waals surface area contributed by atoms with E-state index >= 15 is 0 Å². The van der Waals surface area contributed by atoms with Gasteiger partial charge in [0.15, 0.2) is 8.32 Å². The highest BCUT2D eigenvalue weighted by molar-refractivity contribution is 6.99. The molecule has 176 valence electrons. The third kappa shape index (κ3) is 5.12. The summed E-state index contributed by atoms with van der Waals surface area (Å²) in [5, 5.41) is 6.58. The average Bonchev–Trinajstić information content (AvgIpc) is 3.17. The van der Waals surface area contributed by atoms with E-state index in [2.05, 4.69) is 121 Å². The molecular weight excluding hydrogens is 426 g/mol. The van der Waals surface area contributed by atoms with E-state index in [1.165, 1.54) is 10.4 Å². The van der Waals surface area contributed by atoms with Crippen LogP contribution in [0.15, 0.2) is 60.7 Å². The molecule has 3 rings (SSSR count). The molecule has 0 radical (unpaired) electrons. The minimum atomic E-state index is -2.55.